The van der Waals surface area contributed by atoms with Crippen molar-refractivity contribution in [2.75, 3.05) is 6.61 Å². The van der Waals surface area contributed by atoms with Gasteiger partial charge in [0.15, 0.2) is 0 Å². The highest BCUT2D eigenvalue weighted by Gasteiger charge is 2.48. The van der Waals surface area contributed by atoms with Gasteiger partial charge in [-0.1, -0.05) is 36.9 Å². The lowest BCUT2D eigenvalue weighted by Crippen LogP contribution is -2.29. The molecule has 0 bridgehead atoms. The number of pyridine rings is 1. The van der Waals surface area contributed by atoms with Crippen LogP contribution in [0.4, 0.5) is 4.79 Å². The number of imide groups is 1. The second kappa shape index (κ2) is 9.09. The van der Waals surface area contributed by atoms with E-state index in [4.69, 9.17) is 14.5 Å². The maximum Gasteiger partial charge on any atom is 0.439 e. The number of benzene rings is 1. The summed E-state index contributed by atoms with van der Waals surface area (Å²) in [6, 6.07) is 11.1. The van der Waals surface area contributed by atoms with Gasteiger partial charge in [-0.3, -0.25) is 14.6 Å². The Bertz CT molecular complexity index is 929. The average molecular weight is 436 g/mol. The molecule has 1 aromatic carbocycles. The Balaban J connectivity index is 1.52. The maximum absolute atomic E-state index is 12.1. The van der Waals surface area contributed by atoms with E-state index in [0.29, 0.717) is 30.5 Å². The van der Waals surface area contributed by atoms with E-state index in [1.165, 1.54) is 5.56 Å². The normalized spacial score (nSPS) is 17.1. The van der Waals surface area contributed by atoms with Crippen molar-refractivity contribution in [1.29, 1.82) is 0 Å². The summed E-state index contributed by atoms with van der Waals surface area (Å²) in [5, 5.41) is -1.77. The largest absolute Gasteiger partial charge is 0.493 e. The van der Waals surface area contributed by atoms with Gasteiger partial charge in [0.05, 0.1) is 11.9 Å². The standard InChI is InChI=1S/C19H21N2O6PS/c1-2-13-3-6-15(20-12-13)9-10-27-16-7-4-14(5-8-16)11-17-18(22)21(19(23)29-17)28(24,25)26/h3-8,12,17H,2,9-11H2,1H3,(H2,24,25,26). The van der Waals surface area contributed by atoms with E-state index in [1.807, 2.05) is 12.3 Å². The molecule has 2 aromatic rings. The van der Waals surface area contributed by atoms with Crippen molar-refractivity contribution >= 4 is 30.7 Å². The molecule has 10 heteroatoms. The Morgan fingerprint density at radius 3 is 2.38 bits per heavy atom. The molecule has 29 heavy (non-hydrogen) atoms. The Hall–Kier alpha value is -2.19. The summed E-state index contributed by atoms with van der Waals surface area (Å²) >= 11 is 0.629. The molecule has 2 amide bonds. The van der Waals surface area contributed by atoms with Gasteiger partial charge in [-0.2, -0.15) is 4.67 Å². The number of hydrogen-bond donors (Lipinski definition) is 2. The molecule has 3 rings (SSSR count). The van der Waals surface area contributed by atoms with Gasteiger partial charge in [0.25, 0.3) is 11.1 Å². The van der Waals surface area contributed by atoms with Crippen LogP contribution in [0.25, 0.3) is 0 Å². The summed E-state index contributed by atoms with van der Waals surface area (Å²) in [6.45, 7) is 2.55. The molecule has 1 saturated heterocycles. The molecule has 0 spiro atoms. The number of amides is 2. The van der Waals surface area contributed by atoms with Crippen molar-refractivity contribution in [3.63, 3.8) is 0 Å². The lowest BCUT2D eigenvalue weighted by Gasteiger charge is -2.14. The van der Waals surface area contributed by atoms with E-state index in [0.717, 1.165) is 17.7 Å². The Morgan fingerprint density at radius 1 is 1.14 bits per heavy atom. The van der Waals surface area contributed by atoms with Gasteiger partial charge in [-0.15, -0.1) is 0 Å². The number of rotatable bonds is 8. The minimum Gasteiger partial charge on any atom is -0.493 e. The number of ether oxygens (including phenoxy) is 1. The van der Waals surface area contributed by atoms with Gasteiger partial charge in [-0.05, 0) is 42.2 Å². The molecular formula is C19H21N2O6PS. The minimum atomic E-state index is -4.93. The summed E-state index contributed by atoms with van der Waals surface area (Å²) < 4.78 is 17.0. The van der Waals surface area contributed by atoms with Crippen molar-refractivity contribution in [2.24, 2.45) is 0 Å². The summed E-state index contributed by atoms with van der Waals surface area (Å²) in [5.74, 6) is -0.201. The Kier molecular flexibility index (Phi) is 6.74. The highest BCUT2D eigenvalue weighted by molar-refractivity contribution is 8.15. The van der Waals surface area contributed by atoms with Crippen molar-refractivity contribution in [2.45, 2.75) is 31.4 Å². The van der Waals surface area contributed by atoms with E-state index in [1.54, 1.807) is 24.3 Å². The molecule has 2 N–H and O–H groups in total. The third-order valence-electron chi connectivity index (χ3n) is 4.43. The lowest BCUT2D eigenvalue weighted by atomic mass is 10.1. The second-order valence-electron chi connectivity index (χ2n) is 6.49. The minimum absolute atomic E-state index is 0.0426. The first-order chi connectivity index (χ1) is 13.8. The van der Waals surface area contributed by atoms with Crippen LogP contribution in [0.5, 0.6) is 5.75 Å². The van der Waals surface area contributed by atoms with E-state index < -0.39 is 24.1 Å². The first kappa shape index (κ1) is 21.5. The maximum atomic E-state index is 12.1. The van der Waals surface area contributed by atoms with Crippen LogP contribution < -0.4 is 4.74 Å². The molecule has 1 aromatic heterocycles. The van der Waals surface area contributed by atoms with Crippen LogP contribution in [0, 0.1) is 0 Å². The SMILES string of the molecule is CCc1ccc(CCOc2ccc(CC3SC(=O)N(P(=O)(O)O)C3=O)cc2)nc1. The van der Waals surface area contributed by atoms with Gasteiger partial charge < -0.3 is 14.5 Å². The van der Waals surface area contributed by atoms with Crippen LogP contribution in [-0.4, -0.2) is 42.4 Å². The van der Waals surface area contributed by atoms with Gasteiger partial charge >= 0.3 is 7.75 Å². The van der Waals surface area contributed by atoms with Crippen molar-refractivity contribution in [3.8, 4) is 5.75 Å². The Morgan fingerprint density at radius 2 is 1.83 bits per heavy atom. The van der Waals surface area contributed by atoms with Crippen LogP contribution in [0.3, 0.4) is 0 Å². The molecular weight excluding hydrogens is 415 g/mol. The summed E-state index contributed by atoms with van der Waals surface area (Å²) in [7, 11) is -4.93. The number of aryl methyl sites for hydroxylation is 1. The molecule has 8 nitrogen and oxygen atoms in total. The fourth-order valence-electron chi connectivity index (χ4n) is 2.83. The quantitative estimate of drug-likeness (QED) is 0.607. The zero-order chi connectivity index (χ0) is 21.0. The molecule has 2 heterocycles. The molecule has 0 saturated carbocycles. The third kappa shape index (κ3) is 5.45. The monoisotopic (exact) mass is 436 g/mol. The fourth-order valence-corrected chi connectivity index (χ4v) is 4.90. The predicted molar refractivity (Wildman–Crippen MR) is 109 cm³/mol. The summed E-state index contributed by atoms with van der Waals surface area (Å²) in [6.07, 6.45) is 3.69. The van der Waals surface area contributed by atoms with Crippen LogP contribution in [0.15, 0.2) is 42.6 Å². The predicted octanol–water partition coefficient (Wildman–Crippen LogP) is 2.96. The fraction of sp³-hybridized carbons (Fsp3) is 0.316. The lowest BCUT2D eigenvalue weighted by molar-refractivity contribution is -0.123. The Labute approximate surface area is 172 Å². The van der Waals surface area contributed by atoms with E-state index in [2.05, 4.69) is 18.0 Å². The van der Waals surface area contributed by atoms with Gasteiger partial charge in [0.1, 0.15) is 5.75 Å². The zero-order valence-electron chi connectivity index (χ0n) is 15.7. The van der Waals surface area contributed by atoms with Crippen LogP contribution in [-0.2, 0) is 28.6 Å². The molecule has 1 aliphatic heterocycles. The molecule has 1 atom stereocenters. The number of carbonyl (C=O) groups excluding carboxylic acids is 2. The number of hydrogen-bond acceptors (Lipinski definition) is 6. The number of carbonyl (C=O) groups is 2. The number of aromatic nitrogens is 1. The van der Waals surface area contributed by atoms with E-state index in [9.17, 15) is 14.2 Å². The molecule has 0 aliphatic carbocycles. The second-order valence-corrected chi connectivity index (χ2v) is 9.07. The smallest absolute Gasteiger partial charge is 0.439 e. The first-order valence-electron chi connectivity index (χ1n) is 9.04. The molecule has 0 radical (unpaired) electrons. The highest BCUT2D eigenvalue weighted by atomic mass is 32.2. The van der Waals surface area contributed by atoms with Crippen molar-refractivity contribution in [3.05, 3.63) is 59.4 Å². The van der Waals surface area contributed by atoms with Crippen LogP contribution >= 0.6 is 19.5 Å². The van der Waals surface area contributed by atoms with Crippen molar-refractivity contribution in [1.82, 2.24) is 9.65 Å². The number of nitrogens with zero attached hydrogens (tertiary/aromatic N) is 2. The van der Waals surface area contributed by atoms with E-state index in [-0.39, 0.29) is 11.1 Å². The topological polar surface area (TPSA) is 117 Å². The van der Waals surface area contributed by atoms with Crippen molar-refractivity contribution < 1.29 is 28.7 Å². The summed E-state index contributed by atoms with van der Waals surface area (Å²) in [5.41, 5.74) is 2.91. The summed E-state index contributed by atoms with van der Waals surface area (Å²) in [4.78, 5) is 46.5. The third-order valence-corrected chi connectivity index (χ3v) is 6.50. The molecule has 154 valence electrons. The van der Waals surface area contributed by atoms with Gasteiger partial charge in [0, 0.05) is 18.3 Å². The first-order valence-corrected chi connectivity index (χ1v) is 11.5. The zero-order valence-corrected chi connectivity index (χ0v) is 17.4. The van der Waals surface area contributed by atoms with Crippen LogP contribution in [0.1, 0.15) is 23.7 Å². The molecule has 1 unspecified atom stereocenters. The average Bonchev–Trinajstić information content (AvgIpc) is 2.97. The number of thioether (sulfide) groups is 1. The molecule has 1 fully saturated rings. The highest BCUT2D eigenvalue weighted by Crippen LogP contribution is 2.48. The van der Waals surface area contributed by atoms with E-state index >= 15 is 0 Å². The van der Waals surface area contributed by atoms with Crippen LogP contribution in [0.2, 0.25) is 0 Å². The molecule has 1 aliphatic rings. The van der Waals surface area contributed by atoms with Gasteiger partial charge in [-0.25, -0.2) is 4.57 Å². The van der Waals surface area contributed by atoms with Gasteiger partial charge in [0.2, 0.25) is 0 Å².